The van der Waals surface area contributed by atoms with E-state index < -0.39 is 24.2 Å². The molecule has 2 atom stereocenters. The minimum Gasteiger partial charge on any atom is -0.361 e. The summed E-state index contributed by atoms with van der Waals surface area (Å²) in [5.41, 5.74) is 1.37. The van der Waals surface area contributed by atoms with Crippen LogP contribution >= 0.6 is 22.9 Å². The van der Waals surface area contributed by atoms with Gasteiger partial charge in [-0.15, -0.1) is 11.3 Å². The third-order valence-electron chi connectivity index (χ3n) is 5.25. The highest BCUT2D eigenvalue weighted by Crippen LogP contribution is 2.46. The molecule has 4 rings (SSSR count). The molecular formula is C19H20ClF3N6OS. The van der Waals surface area contributed by atoms with Crippen molar-refractivity contribution < 1.29 is 18.0 Å². The molecular weight excluding hydrogens is 453 g/mol. The molecule has 0 saturated heterocycles. The molecule has 3 aromatic heterocycles. The Morgan fingerprint density at radius 3 is 2.74 bits per heavy atom. The molecule has 166 valence electrons. The van der Waals surface area contributed by atoms with E-state index in [1.165, 1.54) is 16.2 Å². The van der Waals surface area contributed by atoms with Crippen molar-refractivity contribution >= 4 is 34.7 Å². The Kier molecular flexibility index (Phi) is 5.50. The second kappa shape index (κ2) is 7.86. The van der Waals surface area contributed by atoms with Gasteiger partial charge in [0.15, 0.2) is 11.7 Å². The third-order valence-corrected chi connectivity index (χ3v) is 6.60. The van der Waals surface area contributed by atoms with Gasteiger partial charge in [-0.05, 0) is 18.4 Å². The molecule has 7 nitrogen and oxygen atoms in total. The molecule has 0 bridgehead atoms. The van der Waals surface area contributed by atoms with Crippen LogP contribution < -0.4 is 5.32 Å². The van der Waals surface area contributed by atoms with Gasteiger partial charge in [0.1, 0.15) is 10.8 Å². The highest BCUT2D eigenvalue weighted by molar-refractivity contribution is 7.10. The monoisotopic (exact) mass is 472 g/mol. The summed E-state index contributed by atoms with van der Waals surface area (Å²) in [6.07, 6.45) is -3.00. The number of hydrogen-bond acceptors (Lipinski definition) is 5. The van der Waals surface area contributed by atoms with Crippen LogP contribution in [0.5, 0.6) is 0 Å². The summed E-state index contributed by atoms with van der Waals surface area (Å²) in [5, 5.41) is 13.0. The number of alkyl halides is 3. The van der Waals surface area contributed by atoms with Crippen LogP contribution in [-0.2, 0) is 13.6 Å². The predicted octanol–water partition coefficient (Wildman–Crippen LogP) is 4.57. The van der Waals surface area contributed by atoms with Crippen molar-refractivity contribution in [2.45, 2.75) is 38.1 Å². The van der Waals surface area contributed by atoms with Gasteiger partial charge in [0.05, 0.1) is 11.7 Å². The number of nitrogens with zero attached hydrogens (tertiary/aromatic N) is 5. The molecule has 1 N–H and O–H groups in total. The summed E-state index contributed by atoms with van der Waals surface area (Å²) in [6.45, 7) is 2.05. The second-order valence-corrected chi connectivity index (χ2v) is 8.89. The van der Waals surface area contributed by atoms with Crippen molar-refractivity contribution in [3.63, 3.8) is 0 Å². The molecule has 0 radical (unpaired) electrons. The van der Waals surface area contributed by atoms with E-state index in [9.17, 15) is 18.0 Å². The van der Waals surface area contributed by atoms with E-state index in [2.05, 4.69) is 15.5 Å². The number of hydrogen-bond donors (Lipinski definition) is 1. The zero-order chi connectivity index (χ0) is 22.5. The number of rotatable bonds is 4. The predicted molar refractivity (Wildman–Crippen MR) is 111 cm³/mol. The maximum Gasteiger partial charge on any atom is 0.410 e. The highest BCUT2D eigenvalue weighted by atomic mass is 35.5. The van der Waals surface area contributed by atoms with E-state index in [0.717, 1.165) is 20.8 Å². The standard InChI is InChI=1S/C19H20ClF3N6OS/c1-10-11(9-28(3)25-10)8-27(2)18(30)16-15(20)17-24-12(13-5-4-6-31-13)7-14(19(21,22)23)29(17)26-16/h4-6,9,12,14,24H,7-8H2,1-3H3/t12-,14-/m1/s1. The molecule has 0 aromatic carbocycles. The van der Waals surface area contributed by atoms with Crippen LogP contribution in [0.4, 0.5) is 19.0 Å². The number of thiophene rings is 1. The van der Waals surface area contributed by atoms with Crippen molar-refractivity contribution in [3.8, 4) is 0 Å². The van der Waals surface area contributed by atoms with Crippen LogP contribution in [0.3, 0.4) is 0 Å². The fourth-order valence-corrected chi connectivity index (χ4v) is 4.76. The Balaban J connectivity index is 1.67. The van der Waals surface area contributed by atoms with Gasteiger partial charge in [0.2, 0.25) is 0 Å². The minimum absolute atomic E-state index is 0.00273. The molecule has 31 heavy (non-hydrogen) atoms. The zero-order valence-electron chi connectivity index (χ0n) is 16.9. The van der Waals surface area contributed by atoms with Crippen LogP contribution in [0.15, 0.2) is 23.7 Å². The number of anilines is 1. The van der Waals surface area contributed by atoms with E-state index in [0.29, 0.717) is 0 Å². The molecule has 1 amide bonds. The Morgan fingerprint density at radius 1 is 1.42 bits per heavy atom. The first-order valence-corrected chi connectivity index (χ1v) is 10.7. The molecule has 4 heterocycles. The number of halogens is 4. The fourth-order valence-electron chi connectivity index (χ4n) is 3.71. The lowest BCUT2D eigenvalue weighted by atomic mass is 10.0. The van der Waals surface area contributed by atoms with E-state index in [1.54, 1.807) is 42.5 Å². The van der Waals surface area contributed by atoms with Gasteiger partial charge < -0.3 is 10.2 Å². The van der Waals surface area contributed by atoms with Gasteiger partial charge in [-0.3, -0.25) is 9.48 Å². The highest BCUT2D eigenvalue weighted by Gasteiger charge is 2.48. The Hall–Kier alpha value is -2.53. The minimum atomic E-state index is -4.54. The summed E-state index contributed by atoms with van der Waals surface area (Å²) in [6, 6.07) is 1.08. The van der Waals surface area contributed by atoms with Crippen molar-refractivity contribution in [1.29, 1.82) is 0 Å². The maximum absolute atomic E-state index is 13.8. The van der Waals surface area contributed by atoms with Crippen molar-refractivity contribution in [2.75, 3.05) is 12.4 Å². The number of amides is 1. The van der Waals surface area contributed by atoms with Crippen molar-refractivity contribution in [2.24, 2.45) is 7.05 Å². The van der Waals surface area contributed by atoms with Crippen LogP contribution in [0.2, 0.25) is 5.02 Å². The summed E-state index contributed by atoms with van der Waals surface area (Å²) < 4.78 is 43.9. The molecule has 0 saturated carbocycles. The largest absolute Gasteiger partial charge is 0.410 e. The number of aryl methyl sites for hydroxylation is 2. The van der Waals surface area contributed by atoms with E-state index in [4.69, 9.17) is 11.6 Å². The summed E-state index contributed by atoms with van der Waals surface area (Å²) in [7, 11) is 3.32. The molecule has 0 unspecified atom stereocenters. The first kappa shape index (κ1) is 21.7. The second-order valence-electron chi connectivity index (χ2n) is 7.54. The Bertz CT molecular complexity index is 1110. The average molecular weight is 473 g/mol. The van der Waals surface area contributed by atoms with Crippen molar-refractivity contribution in [1.82, 2.24) is 24.5 Å². The zero-order valence-corrected chi connectivity index (χ0v) is 18.5. The van der Waals surface area contributed by atoms with Crippen LogP contribution in [0, 0.1) is 6.92 Å². The smallest absolute Gasteiger partial charge is 0.361 e. The number of nitrogens with one attached hydrogen (secondary N) is 1. The van der Waals surface area contributed by atoms with Gasteiger partial charge >= 0.3 is 6.18 Å². The lowest BCUT2D eigenvalue weighted by Gasteiger charge is -2.32. The number of fused-ring (bicyclic) bond motifs is 1. The van der Waals surface area contributed by atoms with Crippen LogP contribution in [0.1, 0.15) is 45.1 Å². The number of carbonyl (C=O) groups is 1. The normalized spacial score (nSPS) is 18.5. The molecule has 12 heteroatoms. The SMILES string of the molecule is Cc1nn(C)cc1CN(C)C(=O)c1nn2c(c1Cl)N[C@@H](c1cccs1)C[C@@H]2C(F)(F)F. The third kappa shape index (κ3) is 4.03. The first-order chi connectivity index (χ1) is 14.6. The summed E-state index contributed by atoms with van der Waals surface area (Å²) >= 11 is 7.75. The Labute approximate surface area is 185 Å². The maximum atomic E-state index is 13.8. The molecule has 1 aliphatic heterocycles. The summed E-state index contributed by atoms with van der Waals surface area (Å²) in [5.74, 6) is -0.562. The van der Waals surface area contributed by atoms with Crippen molar-refractivity contribution in [3.05, 3.63) is 50.6 Å². The van der Waals surface area contributed by atoms with Crippen LogP contribution in [-0.4, -0.2) is 43.6 Å². The molecule has 3 aromatic rings. The van der Waals surface area contributed by atoms with Crippen LogP contribution in [0.25, 0.3) is 0 Å². The van der Waals surface area contributed by atoms with Gasteiger partial charge in [-0.1, -0.05) is 17.7 Å². The van der Waals surface area contributed by atoms with Gasteiger partial charge in [0, 0.05) is 43.7 Å². The average Bonchev–Trinajstić information content (AvgIpc) is 3.40. The van der Waals surface area contributed by atoms with E-state index in [-0.39, 0.29) is 29.5 Å². The molecule has 0 fully saturated rings. The quantitative estimate of drug-likeness (QED) is 0.604. The Morgan fingerprint density at radius 2 is 2.16 bits per heavy atom. The molecule has 1 aliphatic rings. The van der Waals surface area contributed by atoms with Gasteiger partial charge in [-0.25, -0.2) is 4.68 Å². The van der Waals surface area contributed by atoms with E-state index in [1.807, 2.05) is 6.92 Å². The lowest BCUT2D eigenvalue weighted by molar-refractivity contribution is -0.173. The van der Waals surface area contributed by atoms with Gasteiger partial charge in [0.25, 0.3) is 5.91 Å². The van der Waals surface area contributed by atoms with Gasteiger partial charge in [-0.2, -0.15) is 23.4 Å². The lowest BCUT2D eigenvalue weighted by Crippen LogP contribution is -2.35. The summed E-state index contributed by atoms with van der Waals surface area (Å²) in [4.78, 5) is 15.1. The molecule has 0 aliphatic carbocycles. The van der Waals surface area contributed by atoms with E-state index >= 15 is 0 Å². The first-order valence-electron chi connectivity index (χ1n) is 9.45. The molecule has 0 spiro atoms. The number of aromatic nitrogens is 4. The fraction of sp³-hybridized carbons (Fsp3) is 0.421. The topological polar surface area (TPSA) is 68.0 Å². The number of carbonyl (C=O) groups excluding carboxylic acids is 1.